The maximum Gasteiger partial charge on any atom is 0.251 e. The van der Waals surface area contributed by atoms with E-state index in [2.05, 4.69) is 22.9 Å². The number of hydrogen-bond acceptors (Lipinski definition) is 3. The lowest BCUT2D eigenvalue weighted by molar-refractivity contribution is 0.0949. The number of aromatic nitrogens is 2. The van der Waals surface area contributed by atoms with Crippen molar-refractivity contribution in [2.24, 2.45) is 0 Å². The van der Waals surface area contributed by atoms with Gasteiger partial charge in [0.15, 0.2) is 0 Å². The van der Waals surface area contributed by atoms with E-state index in [1.54, 1.807) is 12.1 Å². The zero-order chi connectivity index (χ0) is 20.8. The molecule has 0 bridgehead atoms. The molecule has 1 aromatic heterocycles. The minimum Gasteiger partial charge on any atom is -0.494 e. The molecule has 0 saturated heterocycles. The zero-order valence-corrected chi connectivity index (χ0v) is 17.0. The van der Waals surface area contributed by atoms with Crippen LogP contribution < -0.4 is 10.1 Å². The molecule has 4 aromatic rings. The van der Waals surface area contributed by atoms with Gasteiger partial charge in [0.05, 0.1) is 24.2 Å². The van der Waals surface area contributed by atoms with Crippen molar-refractivity contribution in [3.63, 3.8) is 0 Å². The van der Waals surface area contributed by atoms with E-state index in [0.29, 0.717) is 18.7 Å². The fourth-order valence-electron chi connectivity index (χ4n) is 3.41. The van der Waals surface area contributed by atoms with Gasteiger partial charge in [-0.25, -0.2) is 4.98 Å². The Morgan fingerprint density at radius 3 is 2.50 bits per heavy atom. The van der Waals surface area contributed by atoms with Crippen LogP contribution in [0.3, 0.4) is 0 Å². The molecule has 5 heteroatoms. The average molecular weight is 399 g/mol. The number of benzene rings is 3. The summed E-state index contributed by atoms with van der Waals surface area (Å²) in [5.74, 6) is 1.62. The highest BCUT2D eigenvalue weighted by atomic mass is 16.5. The van der Waals surface area contributed by atoms with Crippen LogP contribution in [0.25, 0.3) is 11.0 Å². The summed E-state index contributed by atoms with van der Waals surface area (Å²) < 4.78 is 8.03. The lowest BCUT2D eigenvalue weighted by Gasteiger charge is -2.11. The third-order valence-electron chi connectivity index (χ3n) is 4.99. The number of carbonyl (C=O) groups is 1. The van der Waals surface area contributed by atoms with E-state index < -0.39 is 0 Å². The van der Waals surface area contributed by atoms with Crippen molar-refractivity contribution >= 4 is 16.9 Å². The molecule has 30 heavy (non-hydrogen) atoms. The van der Waals surface area contributed by atoms with Gasteiger partial charge in [-0.3, -0.25) is 4.79 Å². The van der Waals surface area contributed by atoms with Crippen LogP contribution in [0.15, 0.2) is 78.9 Å². The SMILES string of the molecule is Cc1ccc(OCCCn2c(CNC(=O)c3ccccc3)nc3ccccc32)cc1. The normalized spacial score (nSPS) is 10.8. The Labute approximate surface area is 176 Å². The van der Waals surface area contributed by atoms with Gasteiger partial charge in [0.1, 0.15) is 11.6 Å². The molecule has 1 amide bonds. The molecule has 0 saturated carbocycles. The Bertz CT molecular complexity index is 1120. The van der Waals surface area contributed by atoms with E-state index in [9.17, 15) is 4.79 Å². The maximum atomic E-state index is 12.4. The van der Waals surface area contributed by atoms with Crippen molar-refractivity contribution in [2.75, 3.05) is 6.61 Å². The number of hydrogen-bond donors (Lipinski definition) is 1. The van der Waals surface area contributed by atoms with Crippen LogP contribution in [0, 0.1) is 6.92 Å². The molecule has 4 rings (SSSR count). The van der Waals surface area contributed by atoms with Crippen molar-refractivity contribution in [2.45, 2.75) is 26.4 Å². The molecule has 3 aromatic carbocycles. The molecule has 0 spiro atoms. The molecule has 0 aliphatic heterocycles. The lowest BCUT2D eigenvalue weighted by atomic mass is 10.2. The molecule has 1 heterocycles. The first-order valence-electron chi connectivity index (χ1n) is 10.2. The molecular formula is C25H25N3O2. The van der Waals surface area contributed by atoms with Crippen molar-refractivity contribution in [1.29, 1.82) is 0 Å². The van der Waals surface area contributed by atoms with Crippen molar-refractivity contribution in [3.05, 3.63) is 95.8 Å². The third-order valence-corrected chi connectivity index (χ3v) is 4.99. The van der Waals surface area contributed by atoms with Gasteiger partial charge in [-0.2, -0.15) is 0 Å². The van der Waals surface area contributed by atoms with Gasteiger partial charge in [0, 0.05) is 12.1 Å². The highest BCUT2D eigenvalue weighted by Crippen LogP contribution is 2.17. The van der Waals surface area contributed by atoms with E-state index >= 15 is 0 Å². The van der Waals surface area contributed by atoms with Crippen LogP contribution in [0.1, 0.15) is 28.2 Å². The Morgan fingerprint density at radius 2 is 1.70 bits per heavy atom. The topological polar surface area (TPSA) is 56.1 Å². The summed E-state index contributed by atoms with van der Waals surface area (Å²) in [5, 5.41) is 2.98. The standard InChI is InChI=1S/C25H25N3O2/c1-19-12-14-21(15-13-19)30-17-7-16-28-23-11-6-5-10-22(23)27-24(28)18-26-25(29)20-8-3-2-4-9-20/h2-6,8-15H,7,16-18H2,1H3,(H,26,29). The molecule has 0 aliphatic carbocycles. The van der Waals surface area contributed by atoms with E-state index in [4.69, 9.17) is 9.72 Å². The lowest BCUT2D eigenvalue weighted by Crippen LogP contribution is -2.24. The maximum absolute atomic E-state index is 12.4. The van der Waals surface area contributed by atoms with Crippen molar-refractivity contribution in [1.82, 2.24) is 14.9 Å². The summed E-state index contributed by atoms with van der Waals surface area (Å²) >= 11 is 0. The number of ether oxygens (including phenoxy) is 1. The first-order valence-corrected chi connectivity index (χ1v) is 10.2. The predicted molar refractivity (Wildman–Crippen MR) is 119 cm³/mol. The second kappa shape index (κ2) is 9.27. The number of nitrogens with zero attached hydrogens (tertiary/aromatic N) is 2. The Balaban J connectivity index is 1.42. The number of carbonyl (C=O) groups excluding carboxylic acids is 1. The van der Waals surface area contributed by atoms with Gasteiger partial charge in [-0.1, -0.05) is 48.0 Å². The molecule has 5 nitrogen and oxygen atoms in total. The van der Waals surface area contributed by atoms with Gasteiger partial charge in [-0.05, 0) is 49.7 Å². The van der Waals surface area contributed by atoms with E-state index in [1.165, 1.54) is 5.56 Å². The van der Waals surface area contributed by atoms with Crippen LogP contribution >= 0.6 is 0 Å². The second-order valence-electron chi connectivity index (χ2n) is 7.23. The molecule has 0 radical (unpaired) electrons. The van der Waals surface area contributed by atoms with Crippen LogP contribution in [-0.2, 0) is 13.1 Å². The van der Waals surface area contributed by atoms with Crippen LogP contribution in [-0.4, -0.2) is 22.1 Å². The largest absolute Gasteiger partial charge is 0.494 e. The number of amides is 1. The van der Waals surface area contributed by atoms with Crippen LogP contribution in [0.4, 0.5) is 0 Å². The van der Waals surface area contributed by atoms with Crippen molar-refractivity contribution in [3.8, 4) is 5.75 Å². The first-order chi connectivity index (χ1) is 14.7. The molecular weight excluding hydrogens is 374 g/mol. The molecule has 0 fully saturated rings. The highest BCUT2D eigenvalue weighted by Gasteiger charge is 2.12. The van der Waals surface area contributed by atoms with Crippen molar-refractivity contribution < 1.29 is 9.53 Å². The first kappa shape index (κ1) is 19.7. The van der Waals surface area contributed by atoms with E-state index in [-0.39, 0.29) is 5.91 Å². The van der Waals surface area contributed by atoms with Gasteiger partial charge >= 0.3 is 0 Å². The van der Waals surface area contributed by atoms with Crippen LogP contribution in [0.5, 0.6) is 5.75 Å². The molecule has 0 aliphatic rings. The monoisotopic (exact) mass is 399 g/mol. The number of aryl methyl sites for hydroxylation is 2. The Hall–Kier alpha value is -3.60. The zero-order valence-electron chi connectivity index (χ0n) is 17.0. The quantitative estimate of drug-likeness (QED) is 0.435. The number of nitrogens with one attached hydrogen (secondary N) is 1. The number of fused-ring (bicyclic) bond motifs is 1. The van der Waals surface area contributed by atoms with E-state index in [0.717, 1.165) is 35.6 Å². The minimum absolute atomic E-state index is 0.100. The summed E-state index contributed by atoms with van der Waals surface area (Å²) in [6, 6.07) is 25.4. The number of imidazole rings is 1. The molecule has 0 atom stereocenters. The third kappa shape index (κ3) is 4.69. The van der Waals surface area contributed by atoms with Gasteiger partial charge in [0.2, 0.25) is 0 Å². The molecule has 0 unspecified atom stereocenters. The fraction of sp³-hybridized carbons (Fsp3) is 0.200. The summed E-state index contributed by atoms with van der Waals surface area (Å²) in [6.45, 7) is 3.82. The Morgan fingerprint density at radius 1 is 0.967 bits per heavy atom. The second-order valence-corrected chi connectivity index (χ2v) is 7.23. The Kier molecular flexibility index (Phi) is 6.09. The van der Waals surface area contributed by atoms with Gasteiger partial charge in [0.25, 0.3) is 5.91 Å². The predicted octanol–water partition coefficient (Wildman–Crippen LogP) is 4.74. The van der Waals surface area contributed by atoms with Gasteiger partial charge < -0.3 is 14.6 Å². The summed E-state index contributed by atoms with van der Waals surface area (Å²) in [5.41, 5.74) is 3.86. The number of para-hydroxylation sites is 2. The van der Waals surface area contributed by atoms with E-state index in [1.807, 2.05) is 60.7 Å². The smallest absolute Gasteiger partial charge is 0.251 e. The number of rotatable bonds is 8. The summed E-state index contributed by atoms with van der Waals surface area (Å²) in [4.78, 5) is 17.1. The molecule has 1 N–H and O–H groups in total. The van der Waals surface area contributed by atoms with Gasteiger partial charge in [-0.15, -0.1) is 0 Å². The summed E-state index contributed by atoms with van der Waals surface area (Å²) in [6.07, 6.45) is 0.841. The fourth-order valence-corrected chi connectivity index (χ4v) is 3.41. The molecule has 152 valence electrons. The highest BCUT2D eigenvalue weighted by molar-refractivity contribution is 5.94. The average Bonchev–Trinajstić information content (AvgIpc) is 3.14. The van der Waals surface area contributed by atoms with Crippen LogP contribution in [0.2, 0.25) is 0 Å². The minimum atomic E-state index is -0.100. The summed E-state index contributed by atoms with van der Waals surface area (Å²) in [7, 11) is 0.